The number of nitrogens with zero attached hydrogens (tertiary/aromatic N) is 1. The van der Waals surface area contributed by atoms with Crippen LogP contribution in [0.15, 0.2) is 78.4 Å². The number of aliphatic hydroxyl groups is 1. The second-order valence-electron chi connectivity index (χ2n) is 9.81. The molecular formula is C30H31NO4. The van der Waals surface area contributed by atoms with Gasteiger partial charge < -0.3 is 9.84 Å². The Kier molecular flexibility index (Phi) is 6.53. The van der Waals surface area contributed by atoms with Crippen LogP contribution >= 0.6 is 0 Å². The van der Waals surface area contributed by atoms with E-state index in [4.69, 9.17) is 4.74 Å². The van der Waals surface area contributed by atoms with E-state index >= 15 is 0 Å². The van der Waals surface area contributed by atoms with Crippen LogP contribution < -0.4 is 9.64 Å². The Morgan fingerprint density at radius 3 is 2.31 bits per heavy atom. The molecule has 4 rings (SSSR count). The number of hydrogen-bond donors (Lipinski definition) is 1. The predicted molar refractivity (Wildman–Crippen MR) is 139 cm³/mol. The molecule has 3 aromatic rings. The van der Waals surface area contributed by atoms with Crippen LogP contribution in [0, 0.1) is 6.92 Å². The standard InChI is InChI=1S/C30H31NO4/c1-6-35-24-16-15-21(18-23(24)30(3,4)5)27(32)25-26(20-12-8-7-9-13-20)31(29(34)28(25)33)22-14-10-11-19(2)17-22/h7-18,26,32H,6H2,1-5H3/b27-25-. The third kappa shape index (κ3) is 4.59. The molecule has 1 saturated heterocycles. The maximum absolute atomic E-state index is 13.4. The lowest BCUT2D eigenvalue weighted by atomic mass is 9.84. The molecule has 0 saturated carbocycles. The SMILES string of the molecule is CCOc1ccc(/C(O)=C2/C(=O)C(=O)N(c3cccc(C)c3)C2c2ccccc2)cc1C(C)(C)C. The number of ether oxygens (including phenoxy) is 1. The van der Waals surface area contributed by atoms with Crippen molar-refractivity contribution < 1.29 is 19.4 Å². The van der Waals surface area contributed by atoms with E-state index < -0.39 is 17.7 Å². The van der Waals surface area contributed by atoms with Gasteiger partial charge in [0.25, 0.3) is 11.7 Å². The summed E-state index contributed by atoms with van der Waals surface area (Å²) in [5.41, 5.74) is 3.53. The first-order valence-electron chi connectivity index (χ1n) is 11.8. The molecule has 180 valence electrons. The second kappa shape index (κ2) is 9.41. The fourth-order valence-corrected chi connectivity index (χ4v) is 4.53. The second-order valence-corrected chi connectivity index (χ2v) is 9.81. The molecule has 1 fully saturated rings. The van der Waals surface area contributed by atoms with Crippen LogP contribution in [0.3, 0.4) is 0 Å². The van der Waals surface area contributed by atoms with E-state index in [1.54, 1.807) is 6.07 Å². The van der Waals surface area contributed by atoms with Crippen molar-refractivity contribution in [3.05, 3.63) is 101 Å². The van der Waals surface area contributed by atoms with Crippen molar-refractivity contribution in [3.63, 3.8) is 0 Å². The highest BCUT2D eigenvalue weighted by Gasteiger charge is 2.47. The maximum Gasteiger partial charge on any atom is 0.300 e. The van der Waals surface area contributed by atoms with Crippen molar-refractivity contribution in [3.8, 4) is 5.75 Å². The van der Waals surface area contributed by atoms with Crippen molar-refractivity contribution >= 4 is 23.1 Å². The monoisotopic (exact) mass is 469 g/mol. The number of carbonyl (C=O) groups is 2. The molecule has 1 atom stereocenters. The lowest BCUT2D eigenvalue weighted by molar-refractivity contribution is -0.132. The lowest BCUT2D eigenvalue weighted by Gasteiger charge is -2.26. The molecule has 1 heterocycles. The number of benzene rings is 3. The van der Waals surface area contributed by atoms with Crippen molar-refractivity contribution in [1.82, 2.24) is 0 Å². The molecule has 1 N–H and O–H groups in total. The van der Waals surface area contributed by atoms with Gasteiger partial charge in [0.15, 0.2) is 0 Å². The molecule has 0 bridgehead atoms. The van der Waals surface area contributed by atoms with Gasteiger partial charge in [-0.2, -0.15) is 0 Å². The van der Waals surface area contributed by atoms with E-state index in [9.17, 15) is 14.7 Å². The van der Waals surface area contributed by atoms with Gasteiger partial charge in [-0.25, -0.2) is 0 Å². The van der Waals surface area contributed by atoms with Crippen molar-refractivity contribution in [1.29, 1.82) is 0 Å². The van der Waals surface area contributed by atoms with Gasteiger partial charge in [-0.05, 0) is 60.7 Å². The van der Waals surface area contributed by atoms with Crippen LogP contribution in [0.25, 0.3) is 5.76 Å². The lowest BCUT2D eigenvalue weighted by Crippen LogP contribution is -2.29. The molecule has 0 aliphatic carbocycles. The minimum atomic E-state index is -0.748. The highest BCUT2D eigenvalue weighted by molar-refractivity contribution is 6.51. The molecule has 1 unspecified atom stereocenters. The molecule has 5 nitrogen and oxygen atoms in total. The number of ketones is 1. The number of hydrogen-bond acceptors (Lipinski definition) is 4. The van der Waals surface area contributed by atoms with Crippen LogP contribution in [0.4, 0.5) is 5.69 Å². The van der Waals surface area contributed by atoms with Crippen LogP contribution in [0.1, 0.15) is 56.0 Å². The molecule has 3 aromatic carbocycles. The summed E-state index contributed by atoms with van der Waals surface area (Å²) < 4.78 is 5.81. The van der Waals surface area contributed by atoms with Crippen LogP contribution in [-0.2, 0) is 15.0 Å². The number of amides is 1. The average Bonchev–Trinajstić information content (AvgIpc) is 3.09. The molecule has 1 aliphatic heterocycles. The van der Waals surface area contributed by atoms with Gasteiger partial charge in [-0.3, -0.25) is 14.5 Å². The molecule has 5 heteroatoms. The molecule has 1 aliphatic rings. The average molecular weight is 470 g/mol. The Morgan fingerprint density at radius 1 is 0.971 bits per heavy atom. The number of carbonyl (C=O) groups excluding carboxylic acids is 2. The number of Topliss-reactive ketones (excluding diaryl/α,β-unsaturated/α-hetero) is 1. The van der Waals surface area contributed by atoms with E-state index in [0.717, 1.165) is 22.4 Å². The molecule has 0 radical (unpaired) electrons. The third-order valence-electron chi connectivity index (χ3n) is 6.20. The van der Waals surface area contributed by atoms with Crippen molar-refractivity contribution in [2.45, 2.75) is 46.1 Å². The maximum atomic E-state index is 13.4. The summed E-state index contributed by atoms with van der Waals surface area (Å²) in [6, 6.07) is 21.5. The van der Waals surface area contributed by atoms with E-state index in [1.165, 1.54) is 4.90 Å². The predicted octanol–water partition coefficient (Wildman–Crippen LogP) is 6.32. The van der Waals surface area contributed by atoms with E-state index in [2.05, 4.69) is 20.8 Å². The van der Waals surface area contributed by atoms with Crippen molar-refractivity contribution in [2.75, 3.05) is 11.5 Å². The fraction of sp³-hybridized carbons (Fsp3) is 0.267. The minimum Gasteiger partial charge on any atom is -0.507 e. The number of aryl methyl sites for hydroxylation is 1. The van der Waals surface area contributed by atoms with Gasteiger partial charge in [0.2, 0.25) is 0 Å². The van der Waals surface area contributed by atoms with Crippen molar-refractivity contribution in [2.24, 2.45) is 0 Å². The Bertz CT molecular complexity index is 1300. The Balaban J connectivity index is 1.94. The number of rotatable bonds is 5. The molecular weight excluding hydrogens is 438 g/mol. The van der Waals surface area contributed by atoms with Gasteiger partial charge in [0.1, 0.15) is 11.5 Å². The summed E-state index contributed by atoms with van der Waals surface area (Å²) in [6.07, 6.45) is 0. The zero-order valence-electron chi connectivity index (χ0n) is 20.8. The topological polar surface area (TPSA) is 66.8 Å². The molecule has 35 heavy (non-hydrogen) atoms. The van der Waals surface area contributed by atoms with E-state index in [-0.39, 0.29) is 16.7 Å². The zero-order valence-corrected chi connectivity index (χ0v) is 20.8. The Morgan fingerprint density at radius 2 is 1.69 bits per heavy atom. The molecule has 0 spiro atoms. The Labute approximate surface area is 206 Å². The minimum absolute atomic E-state index is 0.0757. The number of aliphatic hydroxyl groups excluding tert-OH is 1. The van der Waals surface area contributed by atoms with Gasteiger partial charge in [0, 0.05) is 16.8 Å². The first kappa shape index (κ1) is 24.3. The van der Waals surface area contributed by atoms with Gasteiger partial charge in [0.05, 0.1) is 18.2 Å². The number of anilines is 1. The summed E-state index contributed by atoms with van der Waals surface area (Å²) in [6.45, 7) is 10.6. The first-order valence-corrected chi connectivity index (χ1v) is 11.8. The largest absolute Gasteiger partial charge is 0.507 e. The van der Waals surface area contributed by atoms with Crippen LogP contribution in [0.5, 0.6) is 5.75 Å². The molecule has 1 amide bonds. The fourth-order valence-electron chi connectivity index (χ4n) is 4.53. The highest BCUT2D eigenvalue weighted by atomic mass is 16.5. The quantitative estimate of drug-likeness (QED) is 0.270. The molecule has 0 aromatic heterocycles. The highest BCUT2D eigenvalue weighted by Crippen LogP contribution is 2.43. The smallest absolute Gasteiger partial charge is 0.300 e. The van der Waals surface area contributed by atoms with Gasteiger partial charge >= 0.3 is 0 Å². The third-order valence-corrected chi connectivity index (χ3v) is 6.20. The van der Waals surface area contributed by atoms with E-state index in [1.807, 2.05) is 80.6 Å². The summed E-state index contributed by atoms with van der Waals surface area (Å²) in [5.74, 6) is -0.825. The normalized spacial score (nSPS) is 17.6. The first-order chi connectivity index (χ1) is 16.6. The Hall–Kier alpha value is -3.86. The van der Waals surface area contributed by atoms with Gasteiger partial charge in [-0.1, -0.05) is 63.2 Å². The summed E-state index contributed by atoms with van der Waals surface area (Å²) in [5, 5.41) is 11.5. The van der Waals surface area contributed by atoms with Gasteiger partial charge in [-0.15, -0.1) is 0 Å². The van der Waals surface area contributed by atoms with E-state index in [0.29, 0.717) is 17.9 Å². The summed E-state index contributed by atoms with van der Waals surface area (Å²) >= 11 is 0. The summed E-state index contributed by atoms with van der Waals surface area (Å²) in [4.78, 5) is 28.2. The van der Waals surface area contributed by atoms with Crippen LogP contribution in [-0.4, -0.2) is 23.4 Å². The zero-order chi connectivity index (χ0) is 25.3. The summed E-state index contributed by atoms with van der Waals surface area (Å²) in [7, 11) is 0. The van der Waals surface area contributed by atoms with Crippen LogP contribution in [0.2, 0.25) is 0 Å².